The molecule has 0 aliphatic carbocycles. The van der Waals surface area contributed by atoms with Gasteiger partial charge in [0.15, 0.2) is 6.29 Å². The molecule has 0 amide bonds. The molecule has 1 fully saturated rings. The first-order valence-corrected chi connectivity index (χ1v) is 4.22. The maximum Gasteiger partial charge on any atom is 0.152 e. The van der Waals surface area contributed by atoms with Crippen LogP contribution in [0.4, 0.5) is 0 Å². The van der Waals surface area contributed by atoms with Crippen LogP contribution >= 0.6 is 0 Å². The molecular formula is C8H17NO2. The third kappa shape index (κ3) is 3.18. The fraction of sp³-hybridized carbons (Fsp3) is 1.00. The normalized spacial score (nSPS) is 35.2. The average molecular weight is 159 g/mol. The quantitative estimate of drug-likeness (QED) is 0.571. The molecule has 0 radical (unpaired) electrons. The fourth-order valence-corrected chi connectivity index (χ4v) is 1.49. The number of ether oxygens (including phenoxy) is 1. The highest BCUT2D eigenvalue weighted by Gasteiger charge is 2.19. The Kier molecular flexibility index (Phi) is 3.30. The third-order valence-corrected chi connectivity index (χ3v) is 1.92. The second-order valence-corrected chi connectivity index (χ2v) is 3.36. The molecule has 0 aromatic carbocycles. The van der Waals surface area contributed by atoms with Crippen molar-refractivity contribution in [2.45, 2.75) is 32.7 Å². The Morgan fingerprint density at radius 2 is 2.27 bits per heavy atom. The van der Waals surface area contributed by atoms with Crippen molar-refractivity contribution in [3.8, 4) is 0 Å². The van der Waals surface area contributed by atoms with Gasteiger partial charge in [-0.15, -0.1) is 0 Å². The summed E-state index contributed by atoms with van der Waals surface area (Å²) in [7, 11) is 0. The van der Waals surface area contributed by atoms with E-state index in [1.165, 1.54) is 0 Å². The van der Waals surface area contributed by atoms with Gasteiger partial charge in [0.05, 0.1) is 6.10 Å². The average Bonchev–Trinajstić information content (AvgIpc) is 1.85. The van der Waals surface area contributed by atoms with Crippen molar-refractivity contribution in [2.75, 3.05) is 13.1 Å². The number of nitrogens with one attached hydrogen (secondary N) is 1. The summed E-state index contributed by atoms with van der Waals surface area (Å²) in [6.45, 7) is 5.78. The van der Waals surface area contributed by atoms with Gasteiger partial charge in [-0.2, -0.15) is 0 Å². The molecule has 1 rings (SSSR count). The minimum absolute atomic E-state index is 0.193. The lowest BCUT2D eigenvalue weighted by Gasteiger charge is -2.28. The van der Waals surface area contributed by atoms with Crippen molar-refractivity contribution in [3.63, 3.8) is 0 Å². The SMILES string of the molecule is CC(O)O[C@H]1CNC[C@@H](C)C1. The van der Waals surface area contributed by atoms with E-state index in [2.05, 4.69) is 12.2 Å². The van der Waals surface area contributed by atoms with E-state index >= 15 is 0 Å². The van der Waals surface area contributed by atoms with Crippen molar-refractivity contribution >= 4 is 0 Å². The first-order chi connectivity index (χ1) is 5.18. The third-order valence-electron chi connectivity index (χ3n) is 1.92. The number of aliphatic hydroxyl groups is 1. The van der Waals surface area contributed by atoms with E-state index in [-0.39, 0.29) is 6.10 Å². The molecule has 1 heterocycles. The van der Waals surface area contributed by atoms with Crippen molar-refractivity contribution in [1.29, 1.82) is 0 Å². The predicted molar refractivity (Wildman–Crippen MR) is 43.2 cm³/mol. The molecular weight excluding hydrogens is 142 g/mol. The molecule has 3 atom stereocenters. The molecule has 66 valence electrons. The zero-order valence-corrected chi connectivity index (χ0v) is 7.21. The van der Waals surface area contributed by atoms with Gasteiger partial charge in [-0.05, 0) is 25.8 Å². The van der Waals surface area contributed by atoms with Crippen LogP contribution in [-0.2, 0) is 4.74 Å². The second kappa shape index (κ2) is 4.04. The summed E-state index contributed by atoms with van der Waals surface area (Å²) in [4.78, 5) is 0. The number of piperidine rings is 1. The van der Waals surface area contributed by atoms with Crippen molar-refractivity contribution in [2.24, 2.45) is 5.92 Å². The molecule has 1 aliphatic rings. The Morgan fingerprint density at radius 1 is 1.55 bits per heavy atom. The number of rotatable bonds is 2. The molecule has 1 aliphatic heterocycles. The van der Waals surface area contributed by atoms with Gasteiger partial charge < -0.3 is 15.2 Å². The van der Waals surface area contributed by atoms with E-state index in [4.69, 9.17) is 9.84 Å². The van der Waals surface area contributed by atoms with E-state index < -0.39 is 6.29 Å². The first kappa shape index (κ1) is 8.97. The van der Waals surface area contributed by atoms with Gasteiger partial charge in [-0.25, -0.2) is 0 Å². The Labute approximate surface area is 67.7 Å². The van der Waals surface area contributed by atoms with Gasteiger partial charge in [0.2, 0.25) is 0 Å². The molecule has 1 unspecified atom stereocenters. The number of aliphatic hydroxyl groups excluding tert-OH is 1. The highest BCUT2D eigenvalue weighted by atomic mass is 16.6. The zero-order valence-electron chi connectivity index (χ0n) is 7.21. The maximum atomic E-state index is 8.94. The maximum absolute atomic E-state index is 8.94. The van der Waals surface area contributed by atoms with Crippen LogP contribution < -0.4 is 5.32 Å². The molecule has 3 nitrogen and oxygen atoms in total. The lowest BCUT2D eigenvalue weighted by atomic mass is 10.00. The summed E-state index contributed by atoms with van der Waals surface area (Å²) in [6, 6.07) is 0. The standard InChI is InChI=1S/C8H17NO2/c1-6-3-8(5-9-4-6)11-7(2)10/h6-10H,3-5H2,1-2H3/t6-,7?,8+/m0/s1. The summed E-state index contributed by atoms with van der Waals surface area (Å²) < 4.78 is 5.25. The zero-order chi connectivity index (χ0) is 8.27. The van der Waals surface area contributed by atoms with Crippen LogP contribution in [0.5, 0.6) is 0 Å². The molecule has 1 saturated heterocycles. The van der Waals surface area contributed by atoms with E-state index in [1.807, 2.05) is 0 Å². The lowest BCUT2D eigenvalue weighted by molar-refractivity contribution is -0.131. The summed E-state index contributed by atoms with van der Waals surface area (Å²) in [6.07, 6.45) is 0.614. The molecule has 0 aromatic heterocycles. The molecule has 3 heteroatoms. The minimum Gasteiger partial charge on any atom is -0.368 e. The van der Waals surface area contributed by atoms with E-state index in [1.54, 1.807) is 6.92 Å². The van der Waals surface area contributed by atoms with Crippen LogP contribution in [0.2, 0.25) is 0 Å². The summed E-state index contributed by atoms with van der Waals surface area (Å²) in [5.41, 5.74) is 0. The molecule has 0 bridgehead atoms. The van der Waals surface area contributed by atoms with Crippen LogP contribution in [-0.4, -0.2) is 30.6 Å². The molecule has 0 spiro atoms. The van der Waals surface area contributed by atoms with Crippen LogP contribution in [0.1, 0.15) is 20.3 Å². The van der Waals surface area contributed by atoms with Gasteiger partial charge >= 0.3 is 0 Å². The minimum atomic E-state index is -0.632. The smallest absolute Gasteiger partial charge is 0.152 e. The molecule has 0 aromatic rings. The highest BCUT2D eigenvalue weighted by molar-refractivity contribution is 4.73. The monoisotopic (exact) mass is 159 g/mol. The lowest BCUT2D eigenvalue weighted by Crippen LogP contribution is -2.41. The Hall–Kier alpha value is -0.120. The van der Waals surface area contributed by atoms with Crippen LogP contribution in [0.3, 0.4) is 0 Å². The largest absolute Gasteiger partial charge is 0.368 e. The van der Waals surface area contributed by atoms with Gasteiger partial charge in [-0.3, -0.25) is 0 Å². The van der Waals surface area contributed by atoms with Crippen molar-refractivity contribution < 1.29 is 9.84 Å². The fourth-order valence-electron chi connectivity index (χ4n) is 1.49. The van der Waals surface area contributed by atoms with Crippen molar-refractivity contribution in [1.82, 2.24) is 5.32 Å². The van der Waals surface area contributed by atoms with Crippen LogP contribution in [0.15, 0.2) is 0 Å². The van der Waals surface area contributed by atoms with E-state index in [0.717, 1.165) is 19.5 Å². The Bertz CT molecular complexity index is 115. The summed E-state index contributed by atoms with van der Waals surface area (Å²) >= 11 is 0. The summed E-state index contributed by atoms with van der Waals surface area (Å²) in [5, 5.41) is 12.2. The summed E-state index contributed by atoms with van der Waals surface area (Å²) in [5.74, 6) is 0.660. The molecule has 0 saturated carbocycles. The van der Waals surface area contributed by atoms with E-state index in [9.17, 15) is 0 Å². The van der Waals surface area contributed by atoms with Gasteiger partial charge in [0.1, 0.15) is 0 Å². The van der Waals surface area contributed by atoms with Crippen LogP contribution in [0.25, 0.3) is 0 Å². The molecule has 11 heavy (non-hydrogen) atoms. The van der Waals surface area contributed by atoms with Crippen LogP contribution in [0, 0.1) is 5.92 Å². The topological polar surface area (TPSA) is 41.5 Å². The Morgan fingerprint density at radius 3 is 2.82 bits per heavy atom. The number of hydrogen-bond donors (Lipinski definition) is 2. The highest BCUT2D eigenvalue weighted by Crippen LogP contribution is 2.13. The number of hydrogen-bond acceptors (Lipinski definition) is 3. The second-order valence-electron chi connectivity index (χ2n) is 3.36. The molecule has 2 N–H and O–H groups in total. The predicted octanol–water partition coefficient (Wildman–Crippen LogP) is 0.339. The van der Waals surface area contributed by atoms with Gasteiger partial charge in [0.25, 0.3) is 0 Å². The van der Waals surface area contributed by atoms with Crippen molar-refractivity contribution in [3.05, 3.63) is 0 Å². The first-order valence-electron chi connectivity index (χ1n) is 4.22. The van der Waals surface area contributed by atoms with Gasteiger partial charge in [-0.1, -0.05) is 6.92 Å². The van der Waals surface area contributed by atoms with Gasteiger partial charge in [0, 0.05) is 6.54 Å². The van der Waals surface area contributed by atoms with E-state index in [0.29, 0.717) is 5.92 Å². The Balaban J connectivity index is 2.23.